The Bertz CT molecular complexity index is 576. The van der Waals surface area contributed by atoms with Crippen molar-refractivity contribution in [1.82, 2.24) is 0 Å². The van der Waals surface area contributed by atoms with E-state index in [9.17, 15) is 4.79 Å². The molecule has 2 aromatic rings. The molecule has 18 heavy (non-hydrogen) atoms. The molecule has 0 fully saturated rings. The summed E-state index contributed by atoms with van der Waals surface area (Å²) in [5, 5.41) is 2.21. The number of esters is 1. The van der Waals surface area contributed by atoms with Crippen molar-refractivity contribution in [2.75, 3.05) is 19.0 Å². The molecule has 2 aromatic carbocycles. The molecule has 0 N–H and O–H groups in total. The summed E-state index contributed by atoms with van der Waals surface area (Å²) in [7, 11) is 4.02. The van der Waals surface area contributed by atoms with Gasteiger partial charge in [-0.05, 0) is 35.0 Å². The van der Waals surface area contributed by atoms with Gasteiger partial charge < -0.3 is 9.64 Å². The van der Waals surface area contributed by atoms with Crippen LogP contribution in [-0.4, -0.2) is 20.1 Å². The van der Waals surface area contributed by atoms with Crippen LogP contribution in [0.5, 0.6) is 5.75 Å². The SMILES string of the molecule is CCC(=O)Oc1ccc2cc(N(C)C)ccc2c1. The van der Waals surface area contributed by atoms with E-state index in [2.05, 4.69) is 11.0 Å². The van der Waals surface area contributed by atoms with Gasteiger partial charge in [0.25, 0.3) is 0 Å². The molecule has 0 heterocycles. The van der Waals surface area contributed by atoms with Crippen molar-refractivity contribution in [2.45, 2.75) is 13.3 Å². The summed E-state index contributed by atoms with van der Waals surface area (Å²) in [6.07, 6.45) is 0.387. The molecule has 0 aliphatic carbocycles. The topological polar surface area (TPSA) is 29.5 Å². The van der Waals surface area contributed by atoms with Gasteiger partial charge in [0.15, 0.2) is 0 Å². The van der Waals surface area contributed by atoms with Crippen LogP contribution < -0.4 is 9.64 Å². The maximum absolute atomic E-state index is 11.2. The number of carbonyl (C=O) groups excluding carboxylic acids is 1. The van der Waals surface area contributed by atoms with Crippen LogP contribution in [0.15, 0.2) is 36.4 Å². The van der Waals surface area contributed by atoms with Crippen LogP contribution in [0.2, 0.25) is 0 Å². The Morgan fingerprint density at radius 1 is 1.11 bits per heavy atom. The highest BCUT2D eigenvalue weighted by atomic mass is 16.5. The molecule has 0 aliphatic rings. The maximum atomic E-state index is 11.2. The van der Waals surface area contributed by atoms with Gasteiger partial charge >= 0.3 is 5.97 Å². The third-order valence-electron chi connectivity index (χ3n) is 2.83. The van der Waals surface area contributed by atoms with Crippen molar-refractivity contribution in [3.63, 3.8) is 0 Å². The van der Waals surface area contributed by atoms with Crippen molar-refractivity contribution in [3.8, 4) is 5.75 Å². The van der Waals surface area contributed by atoms with E-state index in [4.69, 9.17) is 4.74 Å². The third kappa shape index (κ3) is 2.62. The smallest absolute Gasteiger partial charge is 0.310 e. The van der Waals surface area contributed by atoms with E-state index < -0.39 is 0 Å². The van der Waals surface area contributed by atoms with Gasteiger partial charge in [0.1, 0.15) is 5.75 Å². The summed E-state index contributed by atoms with van der Waals surface area (Å²) in [5.41, 5.74) is 1.15. The van der Waals surface area contributed by atoms with Crippen molar-refractivity contribution < 1.29 is 9.53 Å². The Kier molecular flexibility index (Phi) is 3.51. The number of hydrogen-bond donors (Lipinski definition) is 0. The molecule has 3 nitrogen and oxygen atoms in total. The Morgan fingerprint density at radius 3 is 2.44 bits per heavy atom. The monoisotopic (exact) mass is 243 g/mol. The molecule has 3 heteroatoms. The fraction of sp³-hybridized carbons (Fsp3) is 0.267. The van der Waals surface area contributed by atoms with Crippen molar-refractivity contribution in [3.05, 3.63) is 36.4 Å². The molecule has 0 saturated carbocycles. The summed E-state index contributed by atoms with van der Waals surface area (Å²) in [6.45, 7) is 1.78. The lowest BCUT2D eigenvalue weighted by molar-refractivity contribution is -0.134. The third-order valence-corrected chi connectivity index (χ3v) is 2.83. The second kappa shape index (κ2) is 5.08. The first-order valence-electron chi connectivity index (χ1n) is 6.02. The standard InChI is InChI=1S/C15H17NO2/c1-4-15(17)18-14-8-6-11-9-13(16(2)3)7-5-12(11)10-14/h5-10H,4H2,1-3H3. The molecule has 0 radical (unpaired) electrons. The van der Waals surface area contributed by atoms with Crippen molar-refractivity contribution >= 4 is 22.4 Å². The minimum absolute atomic E-state index is 0.209. The van der Waals surface area contributed by atoms with Gasteiger partial charge in [-0.3, -0.25) is 4.79 Å². The number of carbonyl (C=O) groups is 1. The number of fused-ring (bicyclic) bond motifs is 1. The van der Waals surface area contributed by atoms with E-state index in [-0.39, 0.29) is 5.97 Å². The molecular weight excluding hydrogens is 226 g/mol. The summed E-state index contributed by atoms with van der Waals surface area (Å²) >= 11 is 0. The predicted octanol–water partition coefficient (Wildman–Crippen LogP) is 3.22. The van der Waals surface area contributed by atoms with E-state index >= 15 is 0 Å². The average Bonchev–Trinajstić information content (AvgIpc) is 2.37. The molecule has 0 aromatic heterocycles. The van der Waals surface area contributed by atoms with Gasteiger partial charge in [0.05, 0.1) is 0 Å². The highest BCUT2D eigenvalue weighted by Crippen LogP contribution is 2.25. The zero-order valence-corrected chi connectivity index (χ0v) is 10.9. The Morgan fingerprint density at radius 2 is 1.78 bits per heavy atom. The number of rotatable bonds is 3. The first kappa shape index (κ1) is 12.4. The summed E-state index contributed by atoms with van der Waals surface area (Å²) in [6, 6.07) is 11.9. The second-order valence-electron chi connectivity index (χ2n) is 4.42. The van der Waals surface area contributed by atoms with Gasteiger partial charge in [-0.2, -0.15) is 0 Å². The Hall–Kier alpha value is -2.03. The first-order chi connectivity index (χ1) is 8.60. The maximum Gasteiger partial charge on any atom is 0.310 e. The quantitative estimate of drug-likeness (QED) is 0.612. The van der Waals surface area contributed by atoms with Gasteiger partial charge in [0, 0.05) is 26.2 Å². The van der Waals surface area contributed by atoms with Gasteiger partial charge in [-0.25, -0.2) is 0 Å². The molecule has 2 rings (SSSR count). The minimum Gasteiger partial charge on any atom is -0.427 e. The van der Waals surface area contributed by atoms with Crippen LogP contribution in [0.4, 0.5) is 5.69 Å². The van der Waals surface area contributed by atoms with Crippen molar-refractivity contribution in [2.24, 2.45) is 0 Å². The average molecular weight is 243 g/mol. The highest BCUT2D eigenvalue weighted by molar-refractivity contribution is 5.87. The van der Waals surface area contributed by atoms with E-state index in [1.54, 1.807) is 6.92 Å². The molecule has 0 saturated heterocycles. The molecule has 0 amide bonds. The van der Waals surface area contributed by atoms with Gasteiger partial charge in [-0.15, -0.1) is 0 Å². The van der Waals surface area contributed by atoms with Crippen LogP contribution >= 0.6 is 0 Å². The molecule has 94 valence electrons. The van der Waals surface area contributed by atoms with Crippen LogP contribution in [0, 0.1) is 0 Å². The Balaban J connectivity index is 2.35. The fourth-order valence-corrected chi connectivity index (χ4v) is 1.76. The molecular formula is C15H17NO2. The number of ether oxygens (including phenoxy) is 1. The van der Waals surface area contributed by atoms with Gasteiger partial charge in [0.2, 0.25) is 0 Å². The van der Waals surface area contributed by atoms with Gasteiger partial charge in [-0.1, -0.05) is 19.1 Å². The van der Waals surface area contributed by atoms with Crippen molar-refractivity contribution in [1.29, 1.82) is 0 Å². The predicted molar refractivity (Wildman–Crippen MR) is 74.2 cm³/mol. The second-order valence-corrected chi connectivity index (χ2v) is 4.42. The molecule has 0 spiro atoms. The van der Waals surface area contributed by atoms with E-state index in [0.29, 0.717) is 12.2 Å². The normalized spacial score (nSPS) is 10.4. The van der Waals surface area contributed by atoms with Crippen LogP contribution in [0.3, 0.4) is 0 Å². The minimum atomic E-state index is -0.209. The fourth-order valence-electron chi connectivity index (χ4n) is 1.76. The van der Waals surface area contributed by atoms with E-state index in [1.807, 2.05) is 44.4 Å². The summed E-state index contributed by atoms with van der Waals surface area (Å²) in [5.74, 6) is 0.395. The molecule has 0 aliphatic heterocycles. The molecule has 0 bridgehead atoms. The summed E-state index contributed by atoms with van der Waals surface area (Å²) in [4.78, 5) is 13.3. The summed E-state index contributed by atoms with van der Waals surface area (Å²) < 4.78 is 5.20. The van der Waals surface area contributed by atoms with Crippen LogP contribution in [-0.2, 0) is 4.79 Å². The van der Waals surface area contributed by atoms with E-state index in [1.165, 1.54) is 0 Å². The number of hydrogen-bond acceptors (Lipinski definition) is 3. The lowest BCUT2D eigenvalue weighted by atomic mass is 10.1. The Labute approximate surface area is 107 Å². The largest absolute Gasteiger partial charge is 0.427 e. The molecule has 0 atom stereocenters. The zero-order valence-electron chi connectivity index (χ0n) is 10.9. The lowest BCUT2D eigenvalue weighted by Crippen LogP contribution is -2.08. The highest BCUT2D eigenvalue weighted by Gasteiger charge is 2.03. The number of benzene rings is 2. The zero-order chi connectivity index (χ0) is 13.1. The molecule has 0 unspecified atom stereocenters. The lowest BCUT2D eigenvalue weighted by Gasteiger charge is -2.13. The number of nitrogens with zero attached hydrogens (tertiary/aromatic N) is 1. The first-order valence-corrected chi connectivity index (χ1v) is 6.02. The van der Waals surface area contributed by atoms with E-state index in [0.717, 1.165) is 16.5 Å². The van der Waals surface area contributed by atoms with Crippen LogP contribution in [0.25, 0.3) is 10.8 Å². The van der Waals surface area contributed by atoms with Crippen LogP contribution in [0.1, 0.15) is 13.3 Å². The number of anilines is 1.